The van der Waals surface area contributed by atoms with Crippen molar-refractivity contribution in [2.45, 2.75) is 39.2 Å². The van der Waals surface area contributed by atoms with E-state index in [1.807, 2.05) is 0 Å². The van der Waals surface area contributed by atoms with Gasteiger partial charge in [-0.3, -0.25) is 0 Å². The Balaban J connectivity index is 2.02. The van der Waals surface area contributed by atoms with E-state index in [4.69, 9.17) is 11.6 Å². The molecule has 2 rings (SSSR count). The first-order valence-corrected chi connectivity index (χ1v) is 6.64. The highest BCUT2D eigenvalue weighted by Crippen LogP contribution is 2.31. The molecule has 0 aromatic heterocycles. The van der Waals surface area contributed by atoms with Crippen molar-refractivity contribution >= 4 is 17.3 Å². The summed E-state index contributed by atoms with van der Waals surface area (Å²) in [6.07, 6.45) is 3.67. The van der Waals surface area contributed by atoms with Gasteiger partial charge in [0.2, 0.25) is 0 Å². The molecule has 0 amide bonds. The molecule has 1 saturated carbocycles. The molecule has 1 fully saturated rings. The fraction of sp³-hybridized carbons (Fsp3) is 0.571. The molecule has 3 heteroatoms. The fourth-order valence-electron chi connectivity index (χ4n) is 2.89. The van der Waals surface area contributed by atoms with Gasteiger partial charge in [-0.2, -0.15) is 0 Å². The number of rotatable bonds is 2. The molecule has 2 unspecified atom stereocenters. The standard InChI is InChI=1S/C14H19ClFN/c1-9-5-10(2)7-12(6-9)17-11-3-4-14(16)13(15)8-11/h3-4,8-10,12,17H,5-7H2,1-2H3. The molecule has 0 radical (unpaired) electrons. The average molecular weight is 256 g/mol. The Kier molecular flexibility index (Phi) is 3.93. The van der Waals surface area contributed by atoms with E-state index in [1.54, 1.807) is 12.1 Å². The number of anilines is 1. The first-order chi connectivity index (χ1) is 8.04. The van der Waals surface area contributed by atoms with Crippen molar-refractivity contribution in [3.05, 3.63) is 29.0 Å². The highest BCUT2D eigenvalue weighted by molar-refractivity contribution is 6.31. The molecule has 0 heterocycles. The molecule has 1 N–H and O–H groups in total. The number of benzene rings is 1. The lowest BCUT2D eigenvalue weighted by molar-refractivity contribution is 0.281. The van der Waals surface area contributed by atoms with E-state index in [1.165, 1.54) is 25.3 Å². The molecular weight excluding hydrogens is 237 g/mol. The fourth-order valence-corrected chi connectivity index (χ4v) is 3.07. The number of nitrogens with one attached hydrogen (secondary N) is 1. The summed E-state index contributed by atoms with van der Waals surface area (Å²) in [4.78, 5) is 0. The molecule has 17 heavy (non-hydrogen) atoms. The maximum absolute atomic E-state index is 13.0. The summed E-state index contributed by atoms with van der Waals surface area (Å²) in [5.41, 5.74) is 0.919. The smallest absolute Gasteiger partial charge is 0.141 e. The Bertz CT molecular complexity index is 384. The third-order valence-electron chi connectivity index (χ3n) is 3.47. The Morgan fingerprint density at radius 1 is 1.18 bits per heavy atom. The lowest BCUT2D eigenvalue weighted by atomic mass is 9.80. The van der Waals surface area contributed by atoms with Gasteiger partial charge in [0, 0.05) is 11.7 Å². The van der Waals surface area contributed by atoms with Gasteiger partial charge in [-0.1, -0.05) is 25.4 Å². The van der Waals surface area contributed by atoms with Crippen LogP contribution in [0.25, 0.3) is 0 Å². The first kappa shape index (κ1) is 12.7. The third kappa shape index (κ3) is 3.35. The summed E-state index contributed by atoms with van der Waals surface area (Å²) in [6.45, 7) is 4.59. The molecule has 2 atom stereocenters. The average Bonchev–Trinajstić information content (AvgIpc) is 2.22. The van der Waals surface area contributed by atoms with Crippen LogP contribution in [0, 0.1) is 17.7 Å². The maximum Gasteiger partial charge on any atom is 0.141 e. The van der Waals surface area contributed by atoms with Gasteiger partial charge in [0.1, 0.15) is 5.82 Å². The molecule has 0 bridgehead atoms. The third-order valence-corrected chi connectivity index (χ3v) is 3.76. The second kappa shape index (κ2) is 5.26. The van der Waals surface area contributed by atoms with Crippen LogP contribution in [-0.2, 0) is 0 Å². The largest absolute Gasteiger partial charge is 0.382 e. The van der Waals surface area contributed by atoms with E-state index in [-0.39, 0.29) is 10.8 Å². The molecule has 94 valence electrons. The van der Waals surface area contributed by atoms with Crippen molar-refractivity contribution in [2.75, 3.05) is 5.32 Å². The van der Waals surface area contributed by atoms with Crippen LogP contribution in [0.15, 0.2) is 18.2 Å². The second-order valence-electron chi connectivity index (χ2n) is 5.39. The van der Waals surface area contributed by atoms with E-state index in [0.29, 0.717) is 6.04 Å². The van der Waals surface area contributed by atoms with Crippen molar-refractivity contribution in [2.24, 2.45) is 11.8 Å². The monoisotopic (exact) mass is 255 g/mol. The molecular formula is C14H19ClFN. The molecule has 0 spiro atoms. The quantitative estimate of drug-likeness (QED) is 0.807. The Hall–Kier alpha value is -0.760. The van der Waals surface area contributed by atoms with Gasteiger partial charge in [0.05, 0.1) is 5.02 Å². The van der Waals surface area contributed by atoms with E-state index in [0.717, 1.165) is 17.5 Å². The summed E-state index contributed by atoms with van der Waals surface area (Å²) in [5.74, 6) is 1.15. The van der Waals surface area contributed by atoms with Gasteiger partial charge in [-0.15, -0.1) is 0 Å². The minimum Gasteiger partial charge on any atom is -0.382 e. The first-order valence-electron chi connectivity index (χ1n) is 6.26. The van der Waals surface area contributed by atoms with Crippen LogP contribution in [0.4, 0.5) is 10.1 Å². The molecule has 1 aromatic rings. The van der Waals surface area contributed by atoms with Crippen molar-refractivity contribution in [3.8, 4) is 0 Å². The number of halogens is 2. The van der Waals surface area contributed by atoms with Gasteiger partial charge in [-0.05, 0) is 49.3 Å². The maximum atomic E-state index is 13.0. The zero-order valence-electron chi connectivity index (χ0n) is 10.3. The molecule has 1 aliphatic rings. The van der Waals surface area contributed by atoms with Crippen molar-refractivity contribution in [3.63, 3.8) is 0 Å². The van der Waals surface area contributed by atoms with E-state index < -0.39 is 0 Å². The van der Waals surface area contributed by atoms with Crippen LogP contribution in [-0.4, -0.2) is 6.04 Å². The minimum atomic E-state index is -0.359. The summed E-state index contributed by atoms with van der Waals surface area (Å²) in [6, 6.07) is 5.32. The molecule has 1 nitrogen and oxygen atoms in total. The number of hydrogen-bond acceptors (Lipinski definition) is 1. The predicted molar refractivity (Wildman–Crippen MR) is 71.0 cm³/mol. The molecule has 1 aromatic carbocycles. The minimum absolute atomic E-state index is 0.187. The molecule has 0 saturated heterocycles. The molecule has 0 aliphatic heterocycles. The van der Waals surface area contributed by atoms with E-state index in [9.17, 15) is 4.39 Å². The van der Waals surface area contributed by atoms with E-state index >= 15 is 0 Å². The van der Waals surface area contributed by atoms with Crippen LogP contribution < -0.4 is 5.32 Å². The number of hydrogen-bond donors (Lipinski definition) is 1. The normalized spacial score (nSPS) is 29.1. The lowest BCUT2D eigenvalue weighted by Gasteiger charge is -2.32. The highest BCUT2D eigenvalue weighted by atomic mass is 35.5. The van der Waals surface area contributed by atoms with Crippen LogP contribution in [0.5, 0.6) is 0 Å². The Labute approximate surface area is 107 Å². The second-order valence-corrected chi connectivity index (χ2v) is 5.79. The van der Waals surface area contributed by atoms with Crippen molar-refractivity contribution in [1.82, 2.24) is 0 Å². The Morgan fingerprint density at radius 3 is 2.41 bits per heavy atom. The van der Waals surface area contributed by atoms with Crippen molar-refractivity contribution in [1.29, 1.82) is 0 Å². The van der Waals surface area contributed by atoms with Gasteiger partial charge in [-0.25, -0.2) is 4.39 Å². The van der Waals surface area contributed by atoms with Crippen LogP contribution in [0.1, 0.15) is 33.1 Å². The predicted octanol–water partition coefficient (Wildman–Crippen LogP) is 4.72. The van der Waals surface area contributed by atoms with Gasteiger partial charge in [0.15, 0.2) is 0 Å². The van der Waals surface area contributed by atoms with Crippen molar-refractivity contribution < 1.29 is 4.39 Å². The topological polar surface area (TPSA) is 12.0 Å². The molecule has 1 aliphatic carbocycles. The summed E-state index contributed by atoms with van der Waals surface area (Å²) >= 11 is 5.77. The van der Waals surface area contributed by atoms with Gasteiger partial charge >= 0.3 is 0 Å². The lowest BCUT2D eigenvalue weighted by Crippen LogP contribution is -2.30. The summed E-state index contributed by atoms with van der Waals surface area (Å²) in [5, 5.41) is 3.65. The van der Waals surface area contributed by atoms with Crippen LogP contribution in [0.3, 0.4) is 0 Å². The highest BCUT2D eigenvalue weighted by Gasteiger charge is 2.23. The van der Waals surface area contributed by atoms with Gasteiger partial charge < -0.3 is 5.32 Å². The van der Waals surface area contributed by atoms with E-state index in [2.05, 4.69) is 19.2 Å². The summed E-state index contributed by atoms with van der Waals surface area (Å²) < 4.78 is 13.0. The van der Waals surface area contributed by atoms with Gasteiger partial charge in [0.25, 0.3) is 0 Å². The Morgan fingerprint density at radius 2 is 1.82 bits per heavy atom. The SMILES string of the molecule is CC1CC(C)CC(Nc2ccc(F)c(Cl)c2)C1. The zero-order chi connectivity index (χ0) is 12.4. The summed E-state index contributed by atoms with van der Waals surface area (Å²) in [7, 11) is 0. The van der Waals surface area contributed by atoms with Crippen LogP contribution in [0.2, 0.25) is 5.02 Å². The van der Waals surface area contributed by atoms with Crippen LogP contribution >= 0.6 is 11.6 Å². The zero-order valence-corrected chi connectivity index (χ0v) is 11.1.